The monoisotopic (exact) mass is 180 g/mol. The van der Waals surface area contributed by atoms with Crippen LogP contribution in [0.3, 0.4) is 0 Å². The molecule has 0 aliphatic rings. The second-order valence-electron chi connectivity index (χ2n) is 2.78. The zero-order valence-electron chi connectivity index (χ0n) is 7.08. The minimum absolute atomic E-state index is 0.0603. The number of phenolic OH excluding ortho intramolecular Hbond substituents is 1. The lowest BCUT2D eigenvalue weighted by Crippen LogP contribution is -1.96. The fourth-order valence-corrected chi connectivity index (χ4v) is 1.01. The molecule has 1 atom stereocenters. The van der Waals surface area contributed by atoms with Gasteiger partial charge in [-0.05, 0) is 13.0 Å². The van der Waals surface area contributed by atoms with Crippen LogP contribution in [0.15, 0.2) is 12.1 Å². The lowest BCUT2D eigenvalue weighted by atomic mass is 10.0. The van der Waals surface area contributed by atoms with E-state index in [1.807, 2.05) is 6.07 Å². The number of aromatic hydroxyl groups is 1. The molecular weight excluding hydrogens is 171 g/mol. The molecule has 0 spiro atoms. The van der Waals surface area contributed by atoms with Crippen molar-refractivity contribution in [3.05, 3.63) is 23.5 Å². The molecule has 0 bridgehead atoms. The highest BCUT2D eigenvalue weighted by Crippen LogP contribution is 2.28. The molecule has 0 fully saturated rings. The number of nitrogens with two attached hydrogens (primary N) is 1. The maximum absolute atomic E-state index is 12.8. The number of nitriles is 1. The van der Waals surface area contributed by atoms with Crippen molar-refractivity contribution < 1.29 is 9.50 Å². The molecule has 0 radical (unpaired) electrons. The van der Waals surface area contributed by atoms with Gasteiger partial charge in [0, 0.05) is 11.6 Å². The molecule has 3 N–H and O–H groups in total. The van der Waals surface area contributed by atoms with Gasteiger partial charge in [0.2, 0.25) is 0 Å². The van der Waals surface area contributed by atoms with Crippen LogP contribution in [0.25, 0.3) is 0 Å². The quantitative estimate of drug-likeness (QED) is 0.510. The first-order valence-corrected chi connectivity index (χ1v) is 3.73. The Hall–Kier alpha value is -1.76. The van der Waals surface area contributed by atoms with Crippen molar-refractivity contribution in [1.29, 1.82) is 5.26 Å². The van der Waals surface area contributed by atoms with E-state index in [0.717, 1.165) is 6.07 Å². The van der Waals surface area contributed by atoms with Crippen molar-refractivity contribution in [2.75, 3.05) is 5.73 Å². The molecule has 1 rings (SSSR count). The Kier molecular flexibility index (Phi) is 2.38. The second kappa shape index (κ2) is 3.31. The fourth-order valence-electron chi connectivity index (χ4n) is 1.01. The van der Waals surface area contributed by atoms with Gasteiger partial charge in [-0.15, -0.1) is 0 Å². The summed E-state index contributed by atoms with van der Waals surface area (Å²) in [6.45, 7) is 1.60. The minimum Gasteiger partial charge on any atom is -0.508 e. The topological polar surface area (TPSA) is 70.0 Å². The lowest BCUT2D eigenvalue weighted by Gasteiger charge is -2.07. The summed E-state index contributed by atoms with van der Waals surface area (Å²) >= 11 is 0. The van der Waals surface area contributed by atoms with Gasteiger partial charge in [0.05, 0.1) is 17.7 Å². The molecule has 0 amide bonds. The summed E-state index contributed by atoms with van der Waals surface area (Å²) in [5, 5.41) is 17.8. The van der Waals surface area contributed by atoms with Gasteiger partial charge in [-0.25, -0.2) is 4.39 Å². The Morgan fingerprint density at radius 2 is 2.23 bits per heavy atom. The van der Waals surface area contributed by atoms with Crippen LogP contribution in [0.5, 0.6) is 5.75 Å². The predicted octanol–water partition coefficient (Wildman–Crippen LogP) is 1.74. The van der Waals surface area contributed by atoms with Crippen LogP contribution in [0, 0.1) is 17.1 Å². The van der Waals surface area contributed by atoms with E-state index in [2.05, 4.69) is 0 Å². The third-order valence-corrected chi connectivity index (χ3v) is 1.81. The SMILES string of the molecule is CC(C#N)c1cc(N)c(F)cc1O. The number of anilines is 1. The van der Waals surface area contributed by atoms with Crippen molar-refractivity contribution in [3.8, 4) is 11.8 Å². The Morgan fingerprint density at radius 3 is 2.77 bits per heavy atom. The molecule has 0 aromatic heterocycles. The van der Waals surface area contributed by atoms with Crippen molar-refractivity contribution in [1.82, 2.24) is 0 Å². The summed E-state index contributed by atoms with van der Waals surface area (Å²) < 4.78 is 12.8. The molecule has 0 heterocycles. The van der Waals surface area contributed by atoms with Crippen LogP contribution >= 0.6 is 0 Å². The Bertz CT molecular complexity index is 371. The highest BCUT2D eigenvalue weighted by atomic mass is 19.1. The molecular formula is C9H9FN2O. The van der Waals surface area contributed by atoms with E-state index in [1.165, 1.54) is 6.07 Å². The van der Waals surface area contributed by atoms with Gasteiger partial charge >= 0.3 is 0 Å². The van der Waals surface area contributed by atoms with Gasteiger partial charge in [-0.3, -0.25) is 0 Å². The number of halogens is 1. The minimum atomic E-state index is -0.675. The van der Waals surface area contributed by atoms with Crippen molar-refractivity contribution in [3.63, 3.8) is 0 Å². The molecule has 1 aromatic carbocycles. The summed E-state index contributed by atoms with van der Waals surface area (Å²) in [6, 6.07) is 4.12. The van der Waals surface area contributed by atoms with E-state index in [1.54, 1.807) is 6.92 Å². The number of nitrogens with zero attached hydrogens (tertiary/aromatic N) is 1. The summed E-state index contributed by atoms with van der Waals surface area (Å²) in [6.07, 6.45) is 0. The first-order valence-electron chi connectivity index (χ1n) is 3.73. The zero-order chi connectivity index (χ0) is 10.0. The molecule has 68 valence electrons. The number of hydrogen-bond donors (Lipinski definition) is 2. The number of phenols is 1. The van der Waals surface area contributed by atoms with Gasteiger partial charge in [-0.1, -0.05) is 0 Å². The Morgan fingerprint density at radius 1 is 1.62 bits per heavy atom. The highest BCUT2D eigenvalue weighted by Gasteiger charge is 2.12. The van der Waals surface area contributed by atoms with Crippen LogP contribution in [0.4, 0.5) is 10.1 Å². The summed E-state index contributed by atoms with van der Waals surface area (Å²) in [5.41, 5.74) is 5.57. The molecule has 0 saturated heterocycles. The van der Waals surface area contributed by atoms with Crippen LogP contribution in [0.1, 0.15) is 18.4 Å². The van der Waals surface area contributed by atoms with Crippen LogP contribution in [-0.4, -0.2) is 5.11 Å². The number of benzene rings is 1. The van der Waals surface area contributed by atoms with Crippen LogP contribution in [-0.2, 0) is 0 Å². The van der Waals surface area contributed by atoms with Crippen LogP contribution < -0.4 is 5.73 Å². The fraction of sp³-hybridized carbons (Fsp3) is 0.222. The van der Waals surface area contributed by atoms with E-state index >= 15 is 0 Å². The molecule has 0 aliphatic heterocycles. The van der Waals surface area contributed by atoms with E-state index in [0.29, 0.717) is 5.56 Å². The number of hydrogen-bond acceptors (Lipinski definition) is 3. The normalized spacial score (nSPS) is 12.1. The smallest absolute Gasteiger partial charge is 0.149 e. The Balaban J connectivity index is 3.25. The summed E-state index contributed by atoms with van der Waals surface area (Å²) in [4.78, 5) is 0. The average molecular weight is 180 g/mol. The first kappa shape index (κ1) is 9.33. The van der Waals surface area contributed by atoms with Crippen LogP contribution in [0.2, 0.25) is 0 Å². The summed E-state index contributed by atoms with van der Waals surface area (Å²) in [5.74, 6) is -1.41. The van der Waals surface area contributed by atoms with E-state index in [4.69, 9.17) is 11.0 Å². The summed E-state index contributed by atoms with van der Waals surface area (Å²) in [7, 11) is 0. The number of nitrogen functional groups attached to an aromatic ring is 1. The van der Waals surface area contributed by atoms with Gasteiger partial charge in [-0.2, -0.15) is 5.26 Å². The third kappa shape index (κ3) is 1.70. The zero-order valence-corrected chi connectivity index (χ0v) is 7.08. The average Bonchev–Trinajstić information content (AvgIpc) is 2.10. The molecule has 13 heavy (non-hydrogen) atoms. The molecule has 3 nitrogen and oxygen atoms in total. The largest absolute Gasteiger partial charge is 0.508 e. The first-order chi connectivity index (χ1) is 6.06. The maximum Gasteiger partial charge on any atom is 0.149 e. The predicted molar refractivity (Wildman–Crippen MR) is 46.5 cm³/mol. The van der Waals surface area contributed by atoms with Gasteiger partial charge in [0.15, 0.2) is 0 Å². The molecule has 0 aliphatic carbocycles. The van der Waals surface area contributed by atoms with E-state index < -0.39 is 11.7 Å². The van der Waals surface area contributed by atoms with Crippen molar-refractivity contribution in [2.45, 2.75) is 12.8 Å². The standard InChI is InChI=1S/C9H9FN2O/c1-5(4-11)6-2-8(12)7(10)3-9(6)13/h2-3,5,13H,12H2,1H3. The second-order valence-corrected chi connectivity index (χ2v) is 2.78. The molecule has 1 aromatic rings. The maximum atomic E-state index is 12.8. The molecule has 4 heteroatoms. The number of rotatable bonds is 1. The van der Waals surface area contributed by atoms with Gasteiger partial charge < -0.3 is 10.8 Å². The van der Waals surface area contributed by atoms with Crippen molar-refractivity contribution >= 4 is 5.69 Å². The lowest BCUT2D eigenvalue weighted by molar-refractivity contribution is 0.461. The van der Waals surface area contributed by atoms with E-state index in [9.17, 15) is 9.50 Å². The molecule has 0 saturated carbocycles. The van der Waals surface area contributed by atoms with Gasteiger partial charge in [0.1, 0.15) is 11.6 Å². The highest BCUT2D eigenvalue weighted by molar-refractivity contribution is 5.51. The third-order valence-electron chi connectivity index (χ3n) is 1.81. The Labute approximate surface area is 75.2 Å². The van der Waals surface area contributed by atoms with Crippen molar-refractivity contribution in [2.24, 2.45) is 0 Å². The van der Waals surface area contributed by atoms with Gasteiger partial charge in [0.25, 0.3) is 0 Å². The molecule has 1 unspecified atom stereocenters. The van der Waals surface area contributed by atoms with E-state index in [-0.39, 0.29) is 11.4 Å².